The van der Waals surface area contributed by atoms with E-state index in [1.165, 1.54) is 11.3 Å². The Hall–Kier alpha value is -1.62. The van der Waals surface area contributed by atoms with E-state index in [0.29, 0.717) is 29.9 Å². The van der Waals surface area contributed by atoms with Crippen molar-refractivity contribution in [3.05, 3.63) is 26.8 Å². The molecule has 8 heteroatoms. The number of hydrogen-bond donors (Lipinski definition) is 1. The minimum Gasteiger partial charge on any atom is -0.459 e. The number of nitrogens with one attached hydrogen (secondary N) is 1. The lowest BCUT2D eigenvalue weighted by atomic mass is 10.0. The highest BCUT2D eigenvalue weighted by atomic mass is 35.5. The molecule has 0 spiro atoms. The van der Waals surface area contributed by atoms with Crippen LogP contribution in [0.25, 0.3) is 0 Å². The van der Waals surface area contributed by atoms with Crippen LogP contribution in [-0.2, 0) is 20.8 Å². The van der Waals surface area contributed by atoms with Gasteiger partial charge in [-0.3, -0.25) is 0 Å². The summed E-state index contributed by atoms with van der Waals surface area (Å²) in [6.45, 7) is 7.07. The summed E-state index contributed by atoms with van der Waals surface area (Å²) >= 11 is 7.13. The van der Waals surface area contributed by atoms with Crippen LogP contribution in [0.4, 0.5) is 0 Å². The molecular formula is C15H20ClN3O3S. The Bertz CT molecular complexity index is 593. The molecule has 1 aromatic heterocycles. The van der Waals surface area contributed by atoms with Crippen LogP contribution in [0, 0.1) is 17.2 Å². The molecule has 0 aliphatic rings. The van der Waals surface area contributed by atoms with Gasteiger partial charge in [0.05, 0.1) is 13.2 Å². The van der Waals surface area contributed by atoms with Gasteiger partial charge in [0.2, 0.25) is 0 Å². The Morgan fingerprint density at radius 2 is 2.26 bits per heavy atom. The molecule has 0 unspecified atom stereocenters. The number of ether oxygens (including phenoxy) is 2. The van der Waals surface area contributed by atoms with Crippen molar-refractivity contribution in [1.82, 2.24) is 10.3 Å². The van der Waals surface area contributed by atoms with Crippen molar-refractivity contribution in [2.75, 3.05) is 19.8 Å². The van der Waals surface area contributed by atoms with Crippen LogP contribution in [0.3, 0.4) is 0 Å². The second-order valence-electron chi connectivity index (χ2n) is 4.82. The number of aromatic nitrogens is 1. The van der Waals surface area contributed by atoms with Gasteiger partial charge in [-0.2, -0.15) is 5.26 Å². The van der Waals surface area contributed by atoms with Gasteiger partial charge in [-0.05, 0) is 12.8 Å². The first-order valence-corrected chi connectivity index (χ1v) is 8.42. The Morgan fingerprint density at radius 1 is 1.52 bits per heavy atom. The summed E-state index contributed by atoms with van der Waals surface area (Å²) in [6.07, 6.45) is 1.66. The minimum absolute atomic E-state index is 0.0212. The third-order valence-corrected chi connectivity index (χ3v) is 3.92. The maximum atomic E-state index is 12.1. The number of nitriles is 1. The van der Waals surface area contributed by atoms with Crippen LogP contribution in [0.2, 0.25) is 4.47 Å². The molecule has 23 heavy (non-hydrogen) atoms. The second-order valence-corrected chi connectivity index (χ2v) is 6.52. The van der Waals surface area contributed by atoms with E-state index in [9.17, 15) is 10.1 Å². The van der Waals surface area contributed by atoms with Gasteiger partial charge in [0.25, 0.3) is 0 Å². The number of halogens is 1. The van der Waals surface area contributed by atoms with Crippen molar-refractivity contribution in [3.8, 4) is 6.07 Å². The average Bonchev–Trinajstić information content (AvgIpc) is 2.92. The van der Waals surface area contributed by atoms with E-state index < -0.39 is 5.97 Å². The average molecular weight is 358 g/mol. The van der Waals surface area contributed by atoms with E-state index in [4.69, 9.17) is 21.1 Å². The SMILES string of the molecule is CCOCCOC(=O)/C(C#N)=C(\NCc1cnc(Cl)s1)C(C)C. The van der Waals surface area contributed by atoms with Crippen LogP contribution in [0.1, 0.15) is 25.6 Å². The van der Waals surface area contributed by atoms with Crippen molar-refractivity contribution in [1.29, 1.82) is 5.26 Å². The van der Waals surface area contributed by atoms with Crippen molar-refractivity contribution in [2.45, 2.75) is 27.3 Å². The molecule has 126 valence electrons. The van der Waals surface area contributed by atoms with Crippen LogP contribution < -0.4 is 5.32 Å². The highest BCUT2D eigenvalue weighted by molar-refractivity contribution is 7.15. The van der Waals surface area contributed by atoms with Gasteiger partial charge in [-0.25, -0.2) is 9.78 Å². The zero-order valence-electron chi connectivity index (χ0n) is 13.4. The highest BCUT2D eigenvalue weighted by Gasteiger charge is 2.19. The minimum atomic E-state index is -0.647. The molecule has 1 N–H and O–H groups in total. The van der Waals surface area contributed by atoms with Crippen LogP contribution in [0.15, 0.2) is 17.5 Å². The molecule has 0 aliphatic carbocycles. The third kappa shape index (κ3) is 6.57. The number of carbonyl (C=O) groups is 1. The van der Waals surface area contributed by atoms with Crippen LogP contribution in [0.5, 0.6) is 0 Å². The van der Waals surface area contributed by atoms with Gasteiger partial charge in [-0.15, -0.1) is 11.3 Å². The molecule has 1 heterocycles. The normalized spacial score (nSPS) is 11.8. The van der Waals surface area contributed by atoms with E-state index in [-0.39, 0.29) is 18.1 Å². The lowest BCUT2D eigenvalue weighted by Crippen LogP contribution is -2.23. The van der Waals surface area contributed by atoms with E-state index in [1.807, 2.05) is 26.8 Å². The fourth-order valence-electron chi connectivity index (χ4n) is 1.75. The van der Waals surface area contributed by atoms with Gasteiger partial charge in [0.15, 0.2) is 10.0 Å². The molecular weight excluding hydrogens is 338 g/mol. The van der Waals surface area contributed by atoms with E-state index in [1.54, 1.807) is 6.20 Å². The quantitative estimate of drug-likeness (QED) is 0.316. The molecule has 6 nitrogen and oxygen atoms in total. The Labute approximate surface area is 145 Å². The second kappa shape index (κ2) is 10.2. The molecule has 0 aromatic carbocycles. The third-order valence-electron chi connectivity index (χ3n) is 2.81. The fourth-order valence-corrected chi connectivity index (χ4v) is 2.67. The molecule has 0 radical (unpaired) electrons. The first-order chi connectivity index (χ1) is 11.0. The standard InChI is InChI=1S/C15H20ClN3O3S/c1-4-21-5-6-22-14(20)12(7-17)13(10(2)3)18-8-11-9-19-15(16)23-11/h9-10,18H,4-6,8H2,1-3H3/b13-12-. The zero-order chi connectivity index (χ0) is 17.2. The number of hydrogen-bond acceptors (Lipinski definition) is 7. The van der Waals surface area contributed by atoms with Gasteiger partial charge >= 0.3 is 5.97 Å². The summed E-state index contributed by atoms with van der Waals surface area (Å²) in [4.78, 5) is 16.9. The molecule has 1 aromatic rings. The summed E-state index contributed by atoms with van der Waals surface area (Å²) in [7, 11) is 0. The summed E-state index contributed by atoms with van der Waals surface area (Å²) in [5.74, 6) is -0.682. The maximum Gasteiger partial charge on any atom is 0.350 e. The molecule has 0 bridgehead atoms. The molecule has 0 aliphatic heterocycles. The number of nitrogens with zero attached hydrogens (tertiary/aromatic N) is 2. The first-order valence-electron chi connectivity index (χ1n) is 7.22. The maximum absolute atomic E-state index is 12.1. The zero-order valence-corrected chi connectivity index (χ0v) is 15.0. The fraction of sp³-hybridized carbons (Fsp3) is 0.533. The van der Waals surface area contributed by atoms with E-state index in [2.05, 4.69) is 10.3 Å². The molecule has 0 saturated heterocycles. The Morgan fingerprint density at radius 3 is 2.78 bits per heavy atom. The molecule has 1 rings (SSSR count). The van der Waals surface area contributed by atoms with Crippen molar-refractivity contribution < 1.29 is 14.3 Å². The molecule has 0 amide bonds. The number of rotatable bonds is 9. The highest BCUT2D eigenvalue weighted by Crippen LogP contribution is 2.19. The monoisotopic (exact) mass is 357 g/mol. The largest absolute Gasteiger partial charge is 0.459 e. The molecule has 0 saturated carbocycles. The van der Waals surface area contributed by atoms with Crippen molar-refractivity contribution in [3.63, 3.8) is 0 Å². The Kier molecular flexibility index (Phi) is 8.62. The van der Waals surface area contributed by atoms with Gasteiger partial charge in [0, 0.05) is 23.4 Å². The van der Waals surface area contributed by atoms with Crippen molar-refractivity contribution >= 4 is 28.9 Å². The Balaban J connectivity index is 2.77. The van der Waals surface area contributed by atoms with Crippen LogP contribution in [-0.4, -0.2) is 30.8 Å². The van der Waals surface area contributed by atoms with Crippen LogP contribution >= 0.6 is 22.9 Å². The predicted octanol–water partition coefficient (Wildman–Crippen LogP) is 2.90. The van der Waals surface area contributed by atoms with Gasteiger partial charge in [-0.1, -0.05) is 25.4 Å². The lowest BCUT2D eigenvalue weighted by Gasteiger charge is -2.15. The number of carbonyl (C=O) groups excluding carboxylic acids is 1. The smallest absolute Gasteiger partial charge is 0.350 e. The van der Waals surface area contributed by atoms with E-state index >= 15 is 0 Å². The molecule has 0 atom stereocenters. The summed E-state index contributed by atoms with van der Waals surface area (Å²) in [5.41, 5.74) is 0.519. The predicted molar refractivity (Wildman–Crippen MR) is 88.9 cm³/mol. The number of allylic oxidation sites excluding steroid dienone is 1. The topological polar surface area (TPSA) is 84.2 Å². The van der Waals surface area contributed by atoms with Gasteiger partial charge in [0.1, 0.15) is 12.7 Å². The number of thiazole rings is 1. The number of esters is 1. The summed E-state index contributed by atoms with van der Waals surface area (Å²) in [6, 6.07) is 1.93. The van der Waals surface area contributed by atoms with E-state index in [0.717, 1.165) is 4.88 Å². The van der Waals surface area contributed by atoms with Gasteiger partial charge < -0.3 is 14.8 Å². The van der Waals surface area contributed by atoms with Crippen molar-refractivity contribution in [2.24, 2.45) is 5.92 Å². The molecule has 0 fully saturated rings. The lowest BCUT2D eigenvalue weighted by molar-refractivity contribution is -0.140. The first kappa shape index (κ1) is 19.4. The summed E-state index contributed by atoms with van der Waals surface area (Å²) in [5, 5.41) is 12.4. The summed E-state index contributed by atoms with van der Waals surface area (Å²) < 4.78 is 10.6.